The summed E-state index contributed by atoms with van der Waals surface area (Å²) in [5.41, 5.74) is 1.87. The molecule has 0 bridgehead atoms. The molecule has 1 aliphatic rings. The fourth-order valence-electron chi connectivity index (χ4n) is 4.01. The Labute approximate surface area is 169 Å². The Bertz CT molecular complexity index is 996. The van der Waals surface area contributed by atoms with Crippen LogP contribution in [0.5, 0.6) is 0 Å². The molecule has 0 aliphatic heterocycles. The molecule has 1 aromatic carbocycles. The van der Waals surface area contributed by atoms with Crippen LogP contribution in [0.4, 0.5) is 20.4 Å². The molecule has 1 N–H and O–H groups in total. The molecular weight excluding hydrogens is 372 g/mol. The lowest BCUT2D eigenvalue weighted by atomic mass is 9.92. The largest absolute Gasteiger partial charge is 0.325 e. The highest BCUT2D eigenvalue weighted by molar-refractivity contribution is 5.75. The fourth-order valence-corrected chi connectivity index (χ4v) is 4.01. The lowest BCUT2D eigenvalue weighted by Crippen LogP contribution is -2.16. The Kier molecular flexibility index (Phi) is 5.23. The topological polar surface area (TPSA) is 55.6 Å². The van der Waals surface area contributed by atoms with Crippen LogP contribution >= 0.6 is 0 Å². The summed E-state index contributed by atoms with van der Waals surface area (Å²) in [4.78, 5) is 14.0. The summed E-state index contributed by atoms with van der Waals surface area (Å²) in [6.45, 7) is 6.47. The van der Waals surface area contributed by atoms with Gasteiger partial charge in [-0.2, -0.15) is 0 Å². The summed E-state index contributed by atoms with van der Waals surface area (Å²) in [6, 6.07) is 3.65. The normalized spacial score (nSPS) is 15.8. The van der Waals surface area contributed by atoms with Crippen molar-refractivity contribution in [2.45, 2.75) is 65.3 Å². The minimum absolute atomic E-state index is 0.0730. The lowest BCUT2D eigenvalue weighted by Gasteiger charge is -2.25. The van der Waals surface area contributed by atoms with E-state index in [-0.39, 0.29) is 11.5 Å². The van der Waals surface area contributed by atoms with Crippen LogP contribution in [-0.4, -0.2) is 19.5 Å². The van der Waals surface area contributed by atoms with Crippen molar-refractivity contribution in [2.24, 2.45) is 5.41 Å². The van der Waals surface area contributed by atoms with Crippen molar-refractivity contribution in [2.75, 3.05) is 5.32 Å². The van der Waals surface area contributed by atoms with Crippen LogP contribution in [-0.2, 0) is 6.42 Å². The molecule has 3 aromatic rings. The summed E-state index contributed by atoms with van der Waals surface area (Å²) in [7, 11) is 0. The Balaban J connectivity index is 1.79. The number of hydrogen-bond acceptors (Lipinski definition) is 4. The quantitative estimate of drug-likeness (QED) is 0.590. The van der Waals surface area contributed by atoms with Gasteiger partial charge in [-0.3, -0.25) is 4.57 Å². The zero-order chi connectivity index (χ0) is 20.6. The van der Waals surface area contributed by atoms with Gasteiger partial charge in [0.2, 0.25) is 5.95 Å². The van der Waals surface area contributed by atoms with Gasteiger partial charge in [0.25, 0.3) is 0 Å². The van der Waals surface area contributed by atoms with Crippen LogP contribution in [0, 0.1) is 17.0 Å². The minimum Gasteiger partial charge on any atom is -0.325 e. The second kappa shape index (κ2) is 7.69. The second-order valence-corrected chi connectivity index (χ2v) is 9.11. The molecule has 2 heterocycles. The van der Waals surface area contributed by atoms with Crippen LogP contribution in [0.25, 0.3) is 11.2 Å². The standard InChI is InChI=1S/C22H27F2N5/c1-22(2,3)12-19-25-13-18-20(28-19)29(17-7-5-4-6-8-17)21(27-18)26-16-10-14(23)9-15(24)11-16/h9-11,13,17H,4-8,12H2,1-3H3,(H,26,27). The summed E-state index contributed by atoms with van der Waals surface area (Å²) >= 11 is 0. The number of rotatable bonds is 4. The third kappa shape index (κ3) is 4.54. The number of nitrogens with one attached hydrogen (secondary N) is 1. The van der Waals surface area contributed by atoms with Crippen molar-refractivity contribution in [3.8, 4) is 0 Å². The van der Waals surface area contributed by atoms with Crippen molar-refractivity contribution in [1.29, 1.82) is 0 Å². The Morgan fingerprint density at radius 2 is 1.72 bits per heavy atom. The predicted molar refractivity (Wildman–Crippen MR) is 110 cm³/mol. The van der Waals surface area contributed by atoms with E-state index in [4.69, 9.17) is 4.98 Å². The third-order valence-electron chi connectivity index (χ3n) is 5.23. The van der Waals surface area contributed by atoms with E-state index < -0.39 is 11.6 Å². The maximum atomic E-state index is 13.7. The molecule has 0 atom stereocenters. The van der Waals surface area contributed by atoms with E-state index in [1.54, 1.807) is 6.20 Å². The van der Waals surface area contributed by atoms with E-state index in [9.17, 15) is 8.78 Å². The number of benzene rings is 1. The monoisotopic (exact) mass is 399 g/mol. The molecule has 29 heavy (non-hydrogen) atoms. The van der Waals surface area contributed by atoms with E-state index in [1.165, 1.54) is 18.6 Å². The zero-order valence-electron chi connectivity index (χ0n) is 17.2. The van der Waals surface area contributed by atoms with Crippen LogP contribution in [0.1, 0.15) is 64.7 Å². The predicted octanol–water partition coefficient (Wildman–Crippen LogP) is 5.94. The molecular formula is C22H27F2N5. The van der Waals surface area contributed by atoms with Gasteiger partial charge in [-0.15, -0.1) is 0 Å². The van der Waals surface area contributed by atoms with E-state index in [1.807, 2.05) is 0 Å². The SMILES string of the molecule is CC(C)(C)Cc1ncc2nc(Nc3cc(F)cc(F)c3)n(C3CCCCC3)c2n1. The minimum atomic E-state index is -0.625. The van der Waals surface area contributed by atoms with Crippen LogP contribution < -0.4 is 5.32 Å². The van der Waals surface area contributed by atoms with Gasteiger partial charge in [-0.05, 0) is 30.4 Å². The molecule has 0 unspecified atom stereocenters. The second-order valence-electron chi connectivity index (χ2n) is 9.11. The molecule has 154 valence electrons. The Morgan fingerprint density at radius 1 is 1.03 bits per heavy atom. The molecule has 0 radical (unpaired) electrons. The molecule has 1 fully saturated rings. The molecule has 0 amide bonds. The van der Waals surface area contributed by atoms with E-state index in [0.717, 1.165) is 49.6 Å². The van der Waals surface area contributed by atoms with Gasteiger partial charge in [-0.25, -0.2) is 23.7 Å². The van der Waals surface area contributed by atoms with Crippen LogP contribution in [0.3, 0.4) is 0 Å². The first-order valence-electron chi connectivity index (χ1n) is 10.3. The first-order valence-corrected chi connectivity index (χ1v) is 10.3. The molecule has 5 nitrogen and oxygen atoms in total. The average molecular weight is 399 g/mol. The summed E-state index contributed by atoms with van der Waals surface area (Å²) < 4.78 is 29.4. The van der Waals surface area contributed by atoms with Gasteiger partial charge in [0, 0.05) is 24.2 Å². The first-order chi connectivity index (χ1) is 13.8. The number of anilines is 2. The summed E-state index contributed by atoms with van der Waals surface area (Å²) in [6.07, 6.45) is 8.12. The van der Waals surface area contributed by atoms with E-state index >= 15 is 0 Å². The van der Waals surface area contributed by atoms with Crippen molar-refractivity contribution in [3.05, 3.63) is 41.9 Å². The highest BCUT2D eigenvalue weighted by Gasteiger charge is 2.24. The molecule has 2 aromatic heterocycles. The number of fused-ring (bicyclic) bond motifs is 1. The van der Waals surface area contributed by atoms with E-state index in [0.29, 0.717) is 17.2 Å². The Hall–Kier alpha value is -2.57. The van der Waals surface area contributed by atoms with Gasteiger partial charge in [0.15, 0.2) is 5.65 Å². The average Bonchev–Trinajstić information content (AvgIpc) is 2.97. The maximum absolute atomic E-state index is 13.7. The smallest absolute Gasteiger partial charge is 0.209 e. The highest BCUT2D eigenvalue weighted by Crippen LogP contribution is 2.35. The van der Waals surface area contributed by atoms with Gasteiger partial charge >= 0.3 is 0 Å². The molecule has 1 saturated carbocycles. The number of aromatic nitrogens is 4. The summed E-state index contributed by atoms with van der Waals surface area (Å²) in [5.74, 6) is 0.0876. The van der Waals surface area contributed by atoms with Crippen molar-refractivity contribution in [3.63, 3.8) is 0 Å². The van der Waals surface area contributed by atoms with Crippen molar-refractivity contribution < 1.29 is 8.78 Å². The van der Waals surface area contributed by atoms with Crippen molar-refractivity contribution in [1.82, 2.24) is 19.5 Å². The first kappa shape index (κ1) is 19.7. The van der Waals surface area contributed by atoms with Crippen LogP contribution in [0.15, 0.2) is 24.4 Å². The number of imidazole rings is 1. The molecule has 0 spiro atoms. The van der Waals surface area contributed by atoms with E-state index in [2.05, 4.69) is 40.6 Å². The number of halogens is 2. The molecule has 1 aliphatic carbocycles. The number of hydrogen-bond donors (Lipinski definition) is 1. The highest BCUT2D eigenvalue weighted by atomic mass is 19.1. The molecule has 7 heteroatoms. The lowest BCUT2D eigenvalue weighted by molar-refractivity contribution is 0.361. The van der Waals surface area contributed by atoms with Crippen molar-refractivity contribution >= 4 is 22.8 Å². The summed E-state index contributed by atoms with van der Waals surface area (Å²) in [5, 5.41) is 3.11. The maximum Gasteiger partial charge on any atom is 0.209 e. The zero-order valence-corrected chi connectivity index (χ0v) is 17.2. The number of nitrogens with zero attached hydrogens (tertiary/aromatic N) is 4. The van der Waals surface area contributed by atoms with Gasteiger partial charge < -0.3 is 5.32 Å². The van der Waals surface area contributed by atoms with Gasteiger partial charge in [0.05, 0.1) is 6.20 Å². The molecule has 0 saturated heterocycles. The third-order valence-corrected chi connectivity index (χ3v) is 5.23. The molecule has 4 rings (SSSR count). The van der Waals surface area contributed by atoms with Gasteiger partial charge in [-0.1, -0.05) is 40.0 Å². The Morgan fingerprint density at radius 3 is 2.38 bits per heavy atom. The van der Waals surface area contributed by atoms with Gasteiger partial charge in [0.1, 0.15) is 23.0 Å². The van der Waals surface area contributed by atoms with Crippen LogP contribution in [0.2, 0.25) is 0 Å². The fraction of sp³-hybridized carbons (Fsp3) is 0.500.